The molecular weight excluding hydrogens is 475 g/mol. The number of halogens is 1. The molecule has 0 aliphatic heterocycles. The minimum Gasteiger partial charge on any atom is -0.497 e. The third-order valence-corrected chi connectivity index (χ3v) is 5.70. The minimum absolute atomic E-state index is 0.139. The highest BCUT2D eigenvalue weighted by molar-refractivity contribution is 5.76. The summed E-state index contributed by atoms with van der Waals surface area (Å²) >= 11 is 0. The standard InChI is InChI=1S/C28H27FN4O4/c1-36-23-10-4-19(5-11-23)16-17-30-26(34)15-14-25-28(35)31-27(33-32-25)21-6-12-24(13-7-21)37-18-20-2-8-22(29)9-3-20/h2-13H,14-18H2,1H3,(H,30,34)(H,31,33,35). The zero-order chi connectivity index (χ0) is 26.0. The fourth-order valence-corrected chi connectivity index (χ4v) is 3.57. The number of nitrogens with one attached hydrogen (secondary N) is 2. The Morgan fingerprint density at radius 2 is 1.57 bits per heavy atom. The fraction of sp³-hybridized carbons (Fsp3) is 0.214. The quantitative estimate of drug-likeness (QED) is 0.323. The van der Waals surface area contributed by atoms with E-state index in [2.05, 4.69) is 20.5 Å². The number of carbonyl (C=O) groups excluding carboxylic acids is 1. The van der Waals surface area contributed by atoms with Gasteiger partial charge in [-0.25, -0.2) is 4.39 Å². The van der Waals surface area contributed by atoms with Gasteiger partial charge in [0.15, 0.2) is 5.82 Å². The number of aromatic nitrogens is 3. The highest BCUT2D eigenvalue weighted by Gasteiger charge is 2.10. The topological polar surface area (TPSA) is 106 Å². The molecule has 0 saturated carbocycles. The van der Waals surface area contributed by atoms with Gasteiger partial charge < -0.3 is 19.8 Å². The molecule has 0 atom stereocenters. The van der Waals surface area contributed by atoms with E-state index in [4.69, 9.17) is 9.47 Å². The first-order valence-corrected chi connectivity index (χ1v) is 11.8. The van der Waals surface area contributed by atoms with Crippen molar-refractivity contribution in [2.45, 2.75) is 25.9 Å². The van der Waals surface area contributed by atoms with Gasteiger partial charge >= 0.3 is 0 Å². The third kappa shape index (κ3) is 7.47. The van der Waals surface area contributed by atoms with Gasteiger partial charge in [-0.2, -0.15) is 0 Å². The van der Waals surface area contributed by atoms with Gasteiger partial charge in [0, 0.05) is 24.9 Å². The molecule has 190 valence electrons. The third-order valence-electron chi connectivity index (χ3n) is 5.70. The summed E-state index contributed by atoms with van der Waals surface area (Å²) in [4.78, 5) is 27.4. The predicted molar refractivity (Wildman–Crippen MR) is 137 cm³/mol. The number of aromatic amines is 1. The number of H-pyrrole nitrogens is 1. The number of methoxy groups -OCH3 is 1. The van der Waals surface area contributed by atoms with E-state index in [1.165, 1.54) is 12.1 Å². The molecule has 9 heteroatoms. The van der Waals surface area contributed by atoms with Gasteiger partial charge in [-0.15, -0.1) is 10.2 Å². The van der Waals surface area contributed by atoms with Crippen LogP contribution in [-0.2, 0) is 24.2 Å². The van der Waals surface area contributed by atoms with Gasteiger partial charge in [0.25, 0.3) is 5.56 Å². The van der Waals surface area contributed by atoms with Crippen LogP contribution in [0.3, 0.4) is 0 Å². The van der Waals surface area contributed by atoms with E-state index in [0.29, 0.717) is 36.7 Å². The van der Waals surface area contributed by atoms with Gasteiger partial charge in [-0.1, -0.05) is 24.3 Å². The van der Waals surface area contributed by atoms with Crippen LogP contribution in [0, 0.1) is 5.82 Å². The van der Waals surface area contributed by atoms with E-state index in [1.54, 1.807) is 43.5 Å². The fourth-order valence-electron chi connectivity index (χ4n) is 3.57. The molecule has 1 aromatic heterocycles. The van der Waals surface area contributed by atoms with Crippen LogP contribution in [0.25, 0.3) is 11.4 Å². The minimum atomic E-state index is -0.382. The van der Waals surface area contributed by atoms with Crippen LogP contribution < -0.4 is 20.3 Å². The van der Waals surface area contributed by atoms with E-state index < -0.39 is 0 Å². The van der Waals surface area contributed by atoms with Crippen molar-refractivity contribution >= 4 is 5.91 Å². The van der Waals surface area contributed by atoms with Crippen LogP contribution in [0.2, 0.25) is 0 Å². The molecule has 0 radical (unpaired) electrons. The number of aryl methyl sites for hydroxylation is 1. The van der Waals surface area contributed by atoms with Crippen molar-refractivity contribution in [3.05, 3.63) is 106 Å². The lowest BCUT2D eigenvalue weighted by atomic mass is 10.1. The second kappa shape index (κ2) is 12.4. The Morgan fingerprint density at radius 1 is 0.892 bits per heavy atom. The monoisotopic (exact) mass is 502 g/mol. The van der Waals surface area contributed by atoms with Crippen LogP contribution >= 0.6 is 0 Å². The lowest BCUT2D eigenvalue weighted by Gasteiger charge is -2.08. The molecule has 0 unspecified atom stereocenters. The molecule has 8 nitrogen and oxygen atoms in total. The van der Waals surface area contributed by atoms with E-state index in [-0.39, 0.29) is 35.8 Å². The smallest absolute Gasteiger partial charge is 0.273 e. The van der Waals surface area contributed by atoms with Crippen LogP contribution in [0.15, 0.2) is 77.6 Å². The number of carbonyl (C=O) groups is 1. The first kappa shape index (κ1) is 25.6. The zero-order valence-electron chi connectivity index (χ0n) is 20.4. The Balaban J connectivity index is 1.24. The summed E-state index contributed by atoms with van der Waals surface area (Å²) in [6, 6.07) is 20.8. The summed E-state index contributed by atoms with van der Waals surface area (Å²) in [7, 11) is 1.62. The van der Waals surface area contributed by atoms with Gasteiger partial charge in [-0.3, -0.25) is 9.59 Å². The number of amides is 1. The van der Waals surface area contributed by atoms with Crippen molar-refractivity contribution < 1.29 is 18.7 Å². The van der Waals surface area contributed by atoms with Crippen LogP contribution in [0.4, 0.5) is 4.39 Å². The first-order chi connectivity index (χ1) is 18.0. The van der Waals surface area contributed by atoms with Crippen molar-refractivity contribution in [1.82, 2.24) is 20.5 Å². The molecule has 0 bridgehead atoms. The normalized spacial score (nSPS) is 10.6. The first-order valence-electron chi connectivity index (χ1n) is 11.8. The molecule has 0 aliphatic carbocycles. The van der Waals surface area contributed by atoms with E-state index in [1.807, 2.05) is 24.3 Å². The molecule has 1 heterocycles. The number of ether oxygens (including phenoxy) is 2. The van der Waals surface area contributed by atoms with Gasteiger partial charge in [-0.05, 0) is 66.1 Å². The molecule has 2 N–H and O–H groups in total. The van der Waals surface area contributed by atoms with Crippen molar-refractivity contribution in [3.8, 4) is 22.9 Å². The summed E-state index contributed by atoms with van der Waals surface area (Å²) in [5.41, 5.74) is 2.43. The number of benzene rings is 3. The number of nitrogens with zero attached hydrogens (tertiary/aromatic N) is 2. The molecule has 4 aromatic rings. The lowest BCUT2D eigenvalue weighted by Crippen LogP contribution is -2.27. The predicted octanol–water partition coefficient (Wildman–Crippen LogP) is 3.85. The van der Waals surface area contributed by atoms with Crippen LogP contribution in [0.1, 0.15) is 23.2 Å². The molecule has 0 saturated heterocycles. The molecule has 0 fully saturated rings. The van der Waals surface area contributed by atoms with E-state index in [9.17, 15) is 14.0 Å². The Hall–Kier alpha value is -4.53. The van der Waals surface area contributed by atoms with Crippen molar-refractivity contribution in [2.24, 2.45) is 0 Å². The molecule has 1 amide bonds. The van der Waals surface area contributed by atoms with E-state index in [0.717, 1.165) is 16.9 Å². The van der Waals surface area contributed by atoms with Gasteiger partial charge in [0.2, 0.25) is 5.91 Å². The maximum atomic E-state index is 13.0. The SMILES string of the molecule is COc1ccc(CCNC(=O)CCc2nnc(-c3ccc(OCc4ccc(F)cc4)cc3)[nH]c2=O)cc1. The van der Waals surface area contributed by atoms with Crippen LogP contribution in [0.5, 0.6) is 11.5 Å². The maximum Gasteiger partial charge on any atom is 0.273 e. The molecule has 0 aliphatic rings. The second-order valence-electron chi connectivity index (χ2n) is 8.34. The molecule has 4 rings (SSSR count). The van der Waals surface area contributed by atoms with Crippen molar-refractivity contribution in [3.63, 3.8) is 0 Å². The molecular formula is C28H27FN4O4. The van der Waals surface area contributed by atoms with Crippen LogP contribution in [-0.4, -0.2) is 34.7 Å². The summed E-state index contributed by atoms with van der Waals surface area (Å²) < 4.78 is 23.9. The highest BCUT2D eigenvalue weighted by Crippen LogP contribution is 2.19. The Kier molecular flexibility index (Phi) is 8.59. The Labute approximate surface area is 213 Å². The van der Waals surface area contributed by atoms with Crippen molar-refractivity contribution in [2.75, 3.05) is 13.7 Å². The second-order valence-corrected chi connectivity index (χ2v) is 8.34. The van der Waals surface area contributed by atoms with E-state index >= 15 is 0 Å². The highest BCUT2D eigenvalue weighted by atomic mass is 19.1. The Morgan fingerprint density at radius 3 is 2.24 bits per heavy atom. The van der Waals surface area contributed by atoms with Crippen molar-refractivity contribution in [1.29, 1.82) is 0 Å². The summed E-state index contributed by atoms with van der Waals surface area (Å²) in [6.07, 6.45) is 1.02. The Bertz CT molecular complexity index is 1370. The average molecular weight is 503 g/mol. The average Bonchev–Trinajstić information content (AvgIpc) is 2.93. The maximum absolute atomic E-state index is 13.0. The zero-order valence-corrected chi connectivity index (χ0v) is 20.4. The summed E-state index contributed by atoms with van der Waals surface area (Å²) in [5, 5.41) is 11.0. The molecule has 3 aromatic carbocycles. The largest absolute Gasteiger partial charge is 0.497 e. The molecule has 0 spiro atoms. The van der Waals surface area contributed by atoms with Gasteiger partial charge in [0.1, 0.15) is 29.6 Å². The summed E-state index contributed by atoms with van der Waals surface area (Å²) in [6.45, 7) is 0.801. The lowest BCUT2D eigenvalue weighted by molar-refractivity contribution is -0.121. The summed E-state index contributed by atoms with van der Waals surface area (Å²) in [5.74, 6) is 1.28. The number of rotatable bonds is 11. The van der Waals surface area contributed by atoms with Gasteiger partial charge in [0.05, 0.1) is 7.11 Å². The molecule has 37 heavy (non-hydrogen) atoms. The number of hydrogen-bond donors (Lipinski definition) is 2. The number of hydrogen-bond acceptors (Lipinski definition) is 6.